The van der Waals surface area contributed by atoms with Crippen LogP contribution in [0.25, 0.3) is 10.9 Å². The van der Waals surface area contributed by atoms with Gasteiger partial charge in [0.25, 0.3) is 5.91 Å². The van der Waals surface area contributed by atoms with Gasteiger partial charge in [0.2, 0.25) is 11.8 Å². The van der Waals surface area contributed by atoms with E-state index in [1.54, 1.807) is 42.5 Å². The average molecular weight is 392 g/mol. The van der Waals surface area contributed by atoms with Gasteiger partial charge in [-0.3, -0.25) is 25.2 Å². The van der Waals surface area contributed by atoms with Crippen LogP contribution in [-0.2, 0) is 9.59 Å². The number of anilines is 1. The van der Waals surface area contributed by atoms with Crippen LogP contribution in [0.4, 0.5) is 5.69 Å². The molecule has 0 radical (unpaired) electrons. The fourth-order valence-corrected chi connectivity index (χ4v) is 3.44. The number of hydrogen-bond acceptors (Lipinski definition) is 4. The van der Waals surface area contributed by atoms with E-state index < -0.39 is 17.7 Å². The van der Waals surface area contributed by atoms with Crippen LogP contribution in [0.2, 0.25) is 0 Å². The highest BCUT2D eigenvalue weighted by Gasteiger charge is 2.35. The molecule has 1 atom stereocenters. The molecular formula is C21H20N4O4. The third kappa shape index (κ3) is 3.64. The van der Waals surface area contributed by atoms with Crippen molar-refractivity contribution in [2.45, 2.75) is 6.42 Å². The Bertz CT molecular complexity index is 1070. The minimum Gasteiger partial charge on any atom is -0.497 e. The molecule has 29 heavy (non-hydrogen) atoms. The minimum atomic E-state index is -0.548. The lowest BCUT2D eigenvalue weighted by molar-refractivity contribution is -0.126. The summed E-state index contributed by atoms with van der Waals surface area (Å²) < 4.78 is 5.12. The van der Waals surface area contributed by atoms with Crippen LogP contribution >= 0.6 is 0 Å². The number of H-pyrrole nitrogens is 1. The van der Waals surface area contributed by atoms with Gasteiger partial charge in [0.05, 0.1) is 18.6 Å². The molecule has 8 nitrogen and oxygen atoms in total. The standard InChI is InChI=1S/C21H20N4O4/c1-29-15-8-6-14(7-9-15)25-12-13(10-19(25)26)20(27)23-24-21(28)17-11-22-18-5-3-2-4-16(17)18/h2-9,11,13,22H,10,12H2,1H3,(H,23,27)(H,24,28)/t13-/m0/s1. The van der Waals surface area contributed by atoms with E-state index in [1.807, 2.05) is 24.3 Å². The Morgan fingerprint density at radius 3 is 2.62 bits per heavy atom. The van der Waals surface area contributed by atoms with Crippen molar-refractivity contribution >= 4 is 34.3 Å². The molecule has 8 heteroatoms. The van der Waals surface area contributed by atoms with Gasteiger partial charge in [-0.2, -0.15) is 0 Å². The number of amides is 3. The SMILES string of the molecule is COc1ccc(N2C[C@@H](C(=O)NNC(=O)c3c[nH]c4ccccc34)CC2=O)cc1. The molecule has 0 saturated carbocycles. The maximum Gasteiger partial charge on any atom is 0.271 e. The zero-order valence-corrected chi connectivity index (χ0v) is 15.8. The van der Waals surface area contributed by atoms with Crippen LogP contribution in [0, 0.1) is 5.92 Å². The number of hydrazine groups is 1. The van der Waals surface area contributed by atoms with E-state index in [0.717, 1.165) is 10.9 Å². The number of aromatic nitrogens is 1. The molecule has 1 aliphatic heterocycles. The summed E-state index contributed by atoms with van der Waals surface area (Å²) in [6.45, 7) is 0.250. The zero-order valence-electron chi connectivity index (χ0n) is 15.8. The Morgan fingerprint density at radius 1 is 1.10 bits per heavy atom. The molecule has 2 heterocycles. The Labute approximate surface area is 166 Å². The second-order valence-corrected chi connectivity index (χ2v) is 6.79. The van der Waals surface area contributed by atoms with Gasteiger partial charge in [-0.05, 0) is 30.3 Å². The highest BCUT2D eigenvalue weighted by Crippen LogP contribution is 2.27. The van der Waals surface area contributed by atoms with Crippen molar-refractivity contribution in [1.29, 1.82) is 0 Å². The van der Waals surface area contributed by atoms with Crippen LogP contribution in [0.3, 0.4) is 0 Å². The Balaban J connectivity index is 1.37. The largest absolute Gasteiger partial charge is 0.497 e. The lowest BCUT2D eigenvalue weighted by atomic mass is 10.1. The summed E-state index contributed by atoms with van der Waals surface area (Å²) >= 11 is 0. The van der Waals surface area contributed by atoms with Crippen LogP contribution in [0.1, 0.15) is 16.8 Å². The monoisotopic (exact) mass is 392 g/mol. The molecule has 2 aromatic carbocycles. The molecule has 0 unspecified atom stereocenters. The summed E-state index contributed by atoms with van der Waals surface area (Å²) in [6, 6.07) is 14.5. The van der Waals surface area contributed by atoms with Gasteiger partial charge >= 0.3 is 0 Å². The zero-order chi connectivity index (χ0) is 20.4. The van der Waals surface area contributed by atoms with Crippen LogP contribution in [0.5, 0.6) is 5.75 Å². The molecule has 1 saturated heterocycles. The van der Waals surface area contributed by atoms with Crippen molar-refractivity contribution in [3.63, 3.8) is 0 Å². The summed E-state index contributed by atoms with van der Waals surface area (Å²) in [5.41, 5.74) is 6.84. The van der Waals surface area contributed by atoms with Crippen molar-refractivity contribution in [3.8, 4) is 5.75 Å². The average Bonchev–Trinajstić information content (AvgIpc) is 3.35. The molecule has 3 amide bonds. The second kappa shape index (κ2) is 7.67. The van der Waals surface area contributed by atoms with Gasteiger partial charge < -0.3 is 14.6 Å². The van der Waals surface area contributed by atoms with E-state index in [1.165, 1.54) is 0 Å². The molecule has 0 bridgehead atoms. The number of nitrogens with zero attached hydrogens (tertiary/aromatic N) is 1. The predicted octanol–water partition coefficient (Wildman–Crippen LogP) is 1.99. The van der Waals surface area contributed by atoms with E-state index >= 15 is 0 Å². The number of fused-ring (bicyclic) bond motifs is 1. The third-order valence-electron chi connectivity index (χ3n) is 5.01. The Hall–Kier alpha value is -3.81. The number of carbonyl (C=O) groups excluding carboxylic acids is 3. The highest BCUT2D eigenvalue weighted by atomic mass is 16.5. The number of aromatic amines is 1. The topological polar surface area (TPSA) is 104 Å². The van der Waals surface area contributed by atoms with Crippen molar-refractivity contribution < 1.29 is 19.1 Å². The molecule has 0 aliphatic carbocycles. The quantitative estimate of drug-likeness (QED) is 0.591. The summed E-state index contributed by atoms with van der Waals surface area (Å²) in [5, 5.41) is 0.765. The molecule has 3 N–H and O–H groups in total. The number of methoxy groups -OCH3 is 1. The Morgan fingerprint density at radius 2 is 1.86 bits per heavy atom. The number of ether oxygens (including phenoxy) is 1. The van der Waals surface area contributed by atoms with Gasteiger partial charge in [-0.1, -0.05) is 18.2 Å². The van der Waals surface area contributed by atoms with Gasteiger partial charge in [-0.15, -0.1) is 0 Å². The first-order valence-electron chi connectivity index (χ1n) is 9.17. The van der Waals surface area contributed by atoms with Crippen LogP contribution in [0.15, 0.2) is 54.7 Å². The first-order valence-corrected chi connectivity index (χ1v) is 9.17. The fourth-order valence-electron chi connectivity index (χ4n) is 3.44. The molecular weight excluding hydrogens is 372 g/mol. The van der Waals surface area contributed by atoms with Crippen LogP contribution in [-0.4, -0.2) is 36.4 Å². The number of para-hydroxylation sites is 1. The van der Waals surface area contributed by atoms with Crippen molar-refractivity contribution in [2.75, 3.05) is 18.6 Å². The molecule has 4 rings (SSSR count). The van der Waals surface area contributed by atoms with Gasteiger partial charge in [0.15, 0.2) is 0 Å². The first kappa shape index (κ1) is 18.5. The summed E-state index contributed by atoms with van der Waals surface area (Å²) in [7, 11) is 1.57. The van der Waals surface area contributed by atoms with Gasteiger partial charge in [0.1, 0.15) is 5.75 Å². The molecule has 1 aromatic heterocycles. The summed E-state index contributed by atoms with van der Waals surface area (Å²) in [5.74, 6) is -0.824. The Kier molecular flexibility index (Phi) is 4.90. The maximum absolute atomic E-state index is 12.5. The lowest BCUT2D eigenvalue weighted by Gasteiger charge is -2.17. The maximum atomic E-state index is 12.5. The van der Waals surface area contributed by atoms with E-state index in [2.05, 4.69) is 15.8 Å². The van der Waals surface area contributed by atoms with Crippen LogP contribution < -0.4 is 20.5 Å². The predicted molar refractivity (Wildman–Crippen MR) is 107 cm³/mol. The number of hydrogen-bond donors (Lipinski definition) is 3. The lowest BCUT2D eigenvalue weighted by Crippen LogP contribution is -2.45. The number of nitrogens with one attached hydrogen (secondary N) is 3. The van der Waals surface area contributed by atoms with Crippen molar-refractivity contribution in [3.05, 3.63) is 60.3 Å². The van der Waals surface area contributed by atoms with E-state index in [-0.39, 0.29) is 18.9 Å². The molecule has 3 aromatic rings. The van der Waals surface area contributed by atoms with E-state index in [9.17, 15) is 14.4 Å². The molecule has 1 aliphatic rings. The number of carbonyl (C=O) groups is 3. The van der Waals surface area contributed by atoms with Gasteiger partial charge in [-0.25, -0.2) is 0 Å². The third-order valence-corrected chi connectivity index (χ3v) is 5.01. The second-order valence-electron chi connectivity index (χ2n) is 6.79. The number of rotatable bonds is 4. The molecule has 148 valence electrons. The minimum absolute atomic E-state index is 0.0841. The summed E-state index contributed by atoms with van der Waals surface area (Å²) in [6.07, 6.45) is 1.68. The normalized spacial score (nSPS) is 16.1. The molecule has 1 fully saturated rings. The number of benzene rings is 2. The summed E-state index contributed by atoms with van der Waals surface area (Å²) in [4.78, 5) is 41.8. The van der Waals surface area contributed by atoms with E-state index in [4.69, 9.17) is 4.74 Å². The first-order chi connectivity index (χ1) is 14.1. The smallest absolute Gasteiger partial charge is 0.271 e. The van der Waals surface area contributed by atoms with Gasteiger partial charge in [0, 0.05) is 35.8 Å². The fraction of sp³-hybridized carbons (Fsp3) is 0.190. The van der Waals surface area contributed by atoms with Crippen molar-refractivity contribution in [1.82, 2.24) is 15.8 Å². The van der Waals surface area contributed by atoms with Crippen molar-refractivity contribution in [2.24, 2.45) is 5.92 Å². The molecule has 0 spiro atoms. The highest BCUT2D eigenvalue weighted by molar-refractivity contribution is 6.07. The van der Waals surface area contributed by atoms with E-state index in [0.29, 0.717) is 17.0 Å².